The molecular weight excluding hydrogens is 236 g/mol. The highest BCUT2D eigenvalue weighted by molar-refractivity contribution is 5.95. The number of hydrogen-bond donors (Lipinski definition) is 0. The summed E-state index contributed by atoms with van der Waals surface area (Å²) in [6.45, 7) is 4.23. The summed E-state index contributed by atoms with van der Waals surface area (Å²) < 4.78 is 14.8. The zero-order valence-electron chi connectivity index (χ0n) is 10.7. The fourth-order valence-electron chi connectivity index (χ4n) is 1.87. The number of carbonyl (C=O) groups is 2. The maximum absolute atomic E-state index is 11.7. The monoisotopic (exact) mass is 254 g/mol. The largest absolute Gasteiger partial charge is 0.498 e. The van der Waals surface area contributed by atoms with Gasteiger partial charge in [0.1, 0.15) is 5.76 Å². The Morgan fingerprint density at radius 1 is 1.39 bits per heavy atom. The van der Waals surface area contributed by atoms with E-state index in [2.05, 4.69) is 16.1 Å². The third kappa shape index (κ3) is 3.12. The van der Waals surface area contributed by atoms with Crippen molar-refractivity contribution in [1.82, 2.24) is 0 Å². The van der Waals surface area contributed by atoms with Crippen LogP contribution in [-0.4, -0.2) is 32.8 Å². The van der Waals surface area contributed by atoms with Crippen LogP contribution in [0.4, 0.5) is 0 Å². The SMILES string of the molecule is C=CC(C1=CCCCO1)C(C(=O)OC)C(=O)OC. The van der Waals surface area contributed by atoms with Gasteiger partial charge in [0.05, 0.1) is 26.7 Å². The number of ether oxygens (including phenoxy) is 3. The molecule has 0 radical (unpaired) electrons. The second-order valence-electron chi connectivity index (χ2n) is 3.88. The molecule has 0 bridgehead atoms. The first-order valence-electron chi connectivity index (χ1n) is 5.76. The van der Waals surface area contributed by atoms with Gasteiger partial charge in [-0.3, -0.25) is 9.59 Å². The van der Waals surface area contributed by atoms with Crippen molar-refractivity contribution in [2.75, 3.05) is 20.8 Å². The predicted molar refractivity (Wildman–Crippen MR) is 64.5 cm³/mol. The molecule has 0 spiro atoms. The molecule has 1 unspecified atom stereocenters. The zero-order valence-corrected chi connectivity index (χ0v) is 10.7. The van der Waals surface area contributed by atoms with E-state index in [0.717, 1.165) is 12.8 Å². The standard InChI is InChI=1S/C13H18O5/c1-4-9(10-7-5-6-8-18-10)11(12(14)16-2)13(15)17-3/h4,7,9,11H,1,5-6,8H2,2-3H3. The molecule has 1 atom stereocenters. The van der Waals surface area contributed by atoms with Crippen LogP contribution < -0.4 is 0 Å². The first kappa shape index (κ1) is 14.3. The smallest absolute Gasteiger partial charge is 0.321 e. The van der Waals surface area contributed by atoms with Crippen LogP contribution in [0.1, 0.15) is 12.8 Å². The summed E-state index contributed by atoms with van der Waals surface area (Å²) in [7, 11) is 2.46. The molecule has 5 heteroatoms. The molecule has 0 aliphatic carbocycles. The zero-order chi connectivity index (χ0) is 13.5. The highest BCUT2D eigenvalue weighted by Crippen LogP contribution is 2.28. The summed E-state index contributed by atoms with van der Waals surface area (Å²) in [5.74, 6) is -2.34. The van der Waals surface area contributed by atoms with Crippen LogP contribution in [-0.2, 0) is 23.8 Å². The lowest BCUT2D eigenvalue weighted by Crippen LogP contribution is -2.34. The van der Waals surface area contributed by atoms with Crippen LogP contribution in [0.5, 0.6) is 0 Å². The predicted octanol–water partition coefficient (Wildman–Crippen LogP) is 1.45. The fraction of sp³-hybridized carbons (Fsp3) is 0.538. The van der Waals surface area contributed by atoms with Crippen molar-refractivity contribution in [1.29, 1.82) is 0 Å². The molecule has 5 nitrogen and oxygen atoms in total. The Kier molecular flexibility index (Phi) is 5.42. The fourth-order valence-corrected chi connectivity index (χ4v) is 1.87. The van der Waals surface area contributed by atoms with E-state index in [1.54, 1.807) is 0 Å². The molecule has 0 amide bonds. The van der Waals surface area contributed by atoms with E-state index in [0.29, 0.717) is 12.4 Å². The van der Waals surface area contributed by atoms with Gasteiger partial charge in [-0.1, -0.05) is 6.08 Å². The van der Waals surface area contributed by atoms with Gasteiger partial charge in [-0.2, -0.15) is 0 Å². The molecule has 1 rings (SSSR count). The lowest BCUT2D eigenvalue weighted by molar-refractivity contribution is -0.160. The molecule has 0 N–H and O–H groups in total. The van der Waals surface area contributed by atoms with Crippen LogP contribution in [0.3, 0.4) is 0 Å². The number of carbonyl (C=O) groups excluding carboxylic acids is 2. The molecule has 0 aromatic heterocycles. The van der Waals surface area contributed by atoms with E-state index in [-0.39, 0.29) is 0 Å². The summed E-state index contributed by atoms with van der Waals surface area (Å²) in [6, 6.07) is 0. The number of allylic oxidation sites excluding steroid dienone is 2. The van der Waals surface area contributed by atoms with E-state index in [4.69, 9.17) is 4.74 Å². The van der Waals surface area contributed by atoms with Gasteiger partial charge in [0.15, 0.2) is 5.92 Å². The molecule has 18 heavy (non-hydrogen) atoms. The van der Waals surface area contributed by atoms with Gasteiger partial charge in [-0.25, -0.2) is 0 Å². The number of methoxy groups -OCH3 is 2. The molecule has 0 aromatic carbocycles. The van der Waals surface area contributed by atoms with Crippen LogP contribution in [0.25, 0.3) is 0 Å². The first-order valence-corrected chi connectivity index (χ1v) is 5.76. The van der Waals surface area contributed by atoms with Crippen LogP contribution in [0.15, 0.2) is 24.5 Å². The lowest BCUT2D eigenvalue weighted by Gasteiger charge is -2.25. The number of esters is 2. The quantitative estimate of drug-likeness (QED) is 0.422. The van der Waals surface area contributed by atoms with E-state index in [9.17, 15) is 9.59 Å². The van der Waals surface area contributed by atoms with Gasteiger partial charge >= 0.3 is 11.9 Å². The van der Waals surface area contributed by atoms with Crippen molar-refractivity contribution in [2.24, 2.45) is 11.8 Å². The summed E-state index contributed by atoms with van der Waals surface area (Å²) in [4.78, 5) is 23.4. The van der Waals surface area contributed by atoms with Gasteiger partial charge in [0.25, 0.3) is 0 Å². The Bertz CT molecular complexity index is 342. The second kappa shape index (κ2) is 6.83. The van der Waals surface area contributed by atoms with Gasteiger partial charge in [-0.15, -0.1) is 6.58 Å². The maximum Gasteiger partial charge on any atom is 0.321 e. The van der Waals surface area contributed by atoms with Gasteiger partial charge in [0.2, 0.25) is 0 Å². The van der Waals surface area contributed by atoms with Crippen molar-refractivity contribution in [3.05, 3.63) is 24.5 Å². The third-order valence-corrected chi connectivity index (χ3v) is 2.81. The van der Waals surface area contributed by atoms with E-state index < -0.39 is 23.8 Å². The molecule has 100 valence electrons. The maximum atomic E-state index is 11.7. The first-order chi connectivity index (χ1) is 8.65. The van der Waals surface area contributed by atoms with Crippen molar-refractivity contribution in [3.63, 3.8) is 0 Å². The van der Waals surface area contributed by atoms with Crippen molar-refractivity contribution in [2.45, 2.75) is 12.8 Å². The van der Waals surface area contributed by atoms with Crippen molar-refractivity contribution < 1.29 is 23.8 Å². The summed E-state index contributed by atoms with van der Waals surface area (Å²) in [5, 5.41) is 0. The van der Waals surface area contributed by atoms with Crippen LogP contribution in [0.2, 0.25) is 0 Å². The minimum Gasteiger partial charge on any atom is -0.498 e. The van der Waals surface area contributed by atoms with E-state index in [1.165, 1.54) is 20.3 Å². The minimum absolute atomic E-state index is 0.551. The Balaban J connectivity index is 2.99. The Morgan fingerprint density at radius 3 is 2.39 bits per heavy atom. The van der Waals surface area contributed by atoms with Crippen molar-refractivity contribution >= 4 is 11.9 Å². The Hall–Kier alpha value is -1.78. The second-order valence-corrected chi connectivity index (χ2v) is 3.88. The van der Waals surface area contributed by atoms with Crippen molar-refractivity contribution in [3.8, 4) is 0 Å². The molecule has 1 aliphatic rings. The van der Waals surface area contributed by atoms with Crippen LogP contribution in [0, 0.1) is 11.8 Å². The number of hydrogen-bond acceptors (Lipinski definition) is 5. The molecule has 0 aromatic rings. The Morgan fingerprint density at radius 2 is 2.00 bits per heavy atom. The summed E-state index contributed by atoms with van der Waals surface area (Å²) in [5.41, 5.74) is 0. The third-order valence-electron chi connectivity index (χ3n) is 2.81. The minimum atomic E-state index is -1.07. The van der Waals surface area contributed by atoms with Gasteiger partial charge in [0, 0.05) is 0 Å². The highest BCUT2D eigenvalue weighted by Gasteiger charge is 2.38. The topological polar surface area (TPSA) is 61.8 Å². The average molecular weight is 254 g/mol. The Labute approximate surface area is 106 Å². The molecule has 0 saturated heterocycles. The van der Waals surface area contributed by atoms with E-state index >= 15 is 0 Å². The molecule has 1 aliphatic heterocycles. The molecular formula is C13H18O5. The molecule has 0 fully saturated rings. The van der Waals surface area contributed by atoms with Gasteiger partial charge < -0.3 is 14.2 Å². The average Bonchev–Trinajstić information content (AvgIpc) is 2.44. The number of rotatable bonds is 5. The highest BCUT2D eigenvalue weighted by atomic mass is 16.5. The molecule has 0 saturated carbocycles. The van der Waals surface area contributed by atoms with Crippen LogP contribution >= 0.6 is 0 Å². The summed E-state index contributed by atoms with van der Waals surface area (Å²) >= 11 is 0. The lowest BCUT2D eigenvalue weighted by atomic mass is 9.89. The summed E-state index contributed by atoms with van der Waals surface area (Å²) in [6.07, 6.45) is 5.16. The van der Waals surface area contributed by atoms with E-state index in [1.807, 2.05) is 6.08 Å². The normalized spacial score (nSPS) is 16.3. The molecule has 1 heterocycles. The van der Waals surface area contributed by atoms with Gasteiger partial charge in [-0.05, 0) is 18.9 Å².